The molecule has 0 bridgehead atoms. The van der Waals surface area contributed by atoms with Gasteiger partial charge in [-0.1, -0.05) is 27.4 Å². The Labute approximate surface area is 156 Å². The van der Waals surface area contributed by atoms with Crippen molar-refractivity contribution >= 4 is 12.7 Å². The number of imidazole rings is 1. The van der Waals surface area contributed by atoms with Crippen LogP contribution < -0.4 is 27.1 Å². The highest BCUT2D eigenvalue weighted by Crippen LogP contribution is 2.26. The molecule has 2 aromatic heterocycles. The molecule has 8 heteroatoms. The van der Waals surface area contributed by atoms with Crippen molar-refractivity contribution in [2.24, 2.45) is 0 Å². The van der Waals surface area contributed by atoms with Gasteiger partial charge in [0, 0.05) is 24.2 Å². The van der Waals surface area contributed by atoms with Gasteiger partial charge >= 0.3 is 0 Å². The zero-order chi connectivity index (χ0) is 19.6. The number of rotatable bonds is 5. The van der Waals surface area contributed by atoms with Gasteiger partial charge in [0.25, 0.3) is 11.1 Å². The van der Waals surface area contributed by atoms with E-state index in [-0.39, 0.29) is 28.6 Å². The van der Waals surface area contributed by atoms with Crippen LogP contribution in [0.15, 0.2) is 9.59 Å². The third-order valence-corrected chi connectivity index (χ3v) is 4.90. The van der Waals surface area contributed by atoms with Crippen LogP contribution >= 0.6 is 0 Å². The number of nitrogens with one attached hydrogen (secondary N) is 4. The lowest BCUT2D eigenvalue weighted by Crippen LogP contribution is -2.46. The molecule has 2 unspecified atom stereocenters. The number of nitrogens with zero attached hydrogens (tertiary/aromatic N) is 1. The lowest BCUT2D eigenvalue weighted by atomic mass is 9.96. The van der Waals surface area contributed by atoms with Gasteiger partial charge in [-0.2, -0.15) is 0 Å². The summed E-state index contributed by atoms with van der Waals surface area (Å²) in [4.78, 5) is 37.2. The fourth-order valence-electron chi connectivity index (χ4n) is 3.41. The van der Waals surface area contributed by atoms with Gasteiger partial charge in [0.15, 0.2) is 0 Å². The summed E-state index contributed by atoms with van der Waals surface area (Å²) in [5, 5.41) is 3.70. The minimum absolute atomic E-state index is 0.0402. The van der Waals surface area contributed by atoms with E-state index in [2.05, 4.69) is 47.6 Å². The Hall–Kier alpha value is -2.45. The van der Waals surface area contributed by atoms with Gasteiger partial charge in [0.2, 0.25) is 0 Å². The van der Waals surface area contributed by atoms with Gasteiger partial charge < -0.3 is 25.0 Å². The molecule has 1 fully saturated rings. The Morgan fingerprint density at radius 3 is 2.67 bits per heavy atom. The molecule has 4 N–H and O–H groups in total. The van der Waals surface area contributed by atoms with Crippen molar-refractivity contribution in [1.82, 2.24) is 25.3 Å². The quantitative estimate of drug-likeness (QED) is 0.571. The molecule has 0 aromatic carbocycles. The number of H-pyrrole nitrogens is 3. The average molecular weight is 373 g/mol. The first-order valence-corrected chi connectivity index (χ1v) is 9.34. The SMILES string of the molecule is C=c1[nH]c(=O)c(=Cc2nc(C(CC)C3COCCN3)[nH]c2C(C)C)[nH]c1=O. The fraction of sp³-hybridized carbons (Fsp3) is 0.526. The van der Waals surface area contributed by atoms with Crippen molar-refractivity contribution < 1.29 is 4.74 Å². The summed E-state index contributed by atoms with van der Waals surface area (Å²) in [6.07, 6.45) is 2.52. The summed E-state index contributed by atoms with van der Waals surface area (Å²) in [5.74, 6) is 1.22. The monoisotopic (exact) mass is 373 g/mol. The maximum atomic E-state index is 12.2. The molecule has 1 aliphatic rings. The van der Waals surface area contributed by atoms with E-state index in [9.17, 15) is 9.59 Å². The van der Waals surface area contributed by atoms with Crippen molar-refractivity contribution in [3.05, 3.63) is 48.6 Å². The molecule has 2 atom stereocenters. The number of hydrogen-bond acceptors (Lipinski definition) is 5. The Bertz CT molecular complexity index is 1010. The molecule has 0 spiro atoms. The maximum Gasteiger partial charge on any atom is 0.272 e. The molecule has 1 aliphatic heterocycles. The van der Waals surface area contributed by atoms with E-state index in [1.54, 1.807) is 6.08 Å². The molecular formula is C19H27N5O3. The van der Waals surface area contributed by atoms with Gasteiger partial charge in [-0.15, -0.1) is 0 Å². The van der Waals surface area contributed by atoms with E-state index in [1.807, 2.05) is 0 Å². The maximum absolute atomic E-state index is 12.2. The topological polar surface area (TPSA) is 116 Å². The highest BCUT2D eigenvalue weighted by atomic mass is 16.5. The second kappa shape index (κ2) is 8.06. The summed E-state index contributed by atoms with van der Waals surface area (Å²) >= 11 is 0. The molecule has 1 saturated heterocycles. The van der Waals surface area contributed by atoms with Crippen LogP contribution in [0.4, 0.5) is 0 Å². The van der Waals surface area contributed by atoms with Crippen LogP contribution in [0.3, 0.4) is 0 Å². The smallest absolute Gasteiger partial charge is 0.272 e. The van der Waals surface area contributed by atoms with E-state index < -0.39 is 11.1 Å². The highest BCUT2D eigenvalue weighted by molar-refractivity contribution is 5.48. The second-order valence-corrected chi connectivity index (χ2v) is 7.17. The van der Waals surface area contributed by atoms with Crippen LogP contribution in [0.5, 0.6) is 0 Å². The van der Waals surface area contributed by atoms with Crippen molar-refractivity contribution in [3.63, 3.8) is 0 Å². The molecule has 3 heterocycles. The Kier molecular flexibility index (Phi) is 5.76. The highest BCUT2D eigenvalue weighted by Gasteiger charge is 2.27. The van der Waals surface area contributed by atoms with E-state index in [0.29, 0.717) is 12.3 Å². The normalized spacial score (nSPS) is 19.6. The van der Waals surface area contributed by atoms with E-state index >= 15 is 0 Å². The van der Waals surface area contributed by atoms with Crippen LogP contribution in [-0.4, -0.2) is 45.7 Å². The molecule has 0 saturated carbocycles. The molecule has 0 amide bonds. The summed E-state index contributed by atoms with van der Waals surface area (Å²) in [5.41, 5.74) is 0.776. The van der Waals surface area contributed by atoms with Gasteiger partial charge in [0.05, 0.1) is 24.3 Å². The van der Waals surface area contributed by atoms with Crippen molar-refractivity contribution in [2.75, 3.05) is 19.8 Å². The first-order chi connectivity index (χ1) is 12.9. The number of ether oxygens (including phenoxy) is 1. The third kappa shape index (κ3) is 4.12. The van der Waals surface area contributed by atoms with E-state index in [4.69, 9.17) is 9.72 Å². The van der Waals surface area contributed by atoms with Crippen LogP contribution in [0.1, 0.15) is 56.2 Å². The lowest BCUT2D eigenvalue weighted by Gasteiger charge is -2.29. The molecule has 3 rings (SSSR count). The van der Waals surface area contributed by atoms with Crippen LogP contribution in [0, 0.1) is 0 Å². The van der Waals surface area contributed by atoms with Crippen molar-refractivity contribution in [1.29, 1.82) is 0 Å². The summed E-state index contributed by atoms with van der Waals surface area (Å²) < 4.78 is 5.60. The molecule has 2 aromatic rings. The molecule has 27 heavy (non-hydrogen) atoms. The minimum Gasteiger partial charge on any atom is -0.378 e. The van der Waals surface area contributed by atoms with Crippen molar-refractivity contribution in [3.8, 4) is 0 Å². The Morgan fingerprint density at radius 1 is 1.26 bits per heavy atom. The van der Waals surface area contributed by atoms with Crippen LogP contribution in [0.25, 0.3) is 12.7 Å². The number of aromatic nitrogens is 4. The Balaban J connectivity index is 2.07. The van der Waals surface area contributed by atoms with Gasteiger partial charge in [-0.25, -0.2) is 4.98 Å². The largest absolute Gasteiger partial charge is 0.378 e. The number of hydrogen-bond donors (Lipinski definition) is 4. The first kappa shape index (κ1) is 19.3. The van der Waals surface area contributed by atoms with E-state index in [0.717, 1.165) is 31.1 Å². The number of aromatic amines is 3. The molecule has 146 valence electrons. The zero-order valence-corrected chi connectivity index (χ0v) is 16.0. The van der Waals surface area contributed by atoms with Gasteiger partial charge in [-0.05, 0) is 18.4 Å². The average Bonchev–Trinajstić information content (AvgIpc) is 3.05. The third-order valence-electron chi connectivity index (χ3n) is 4.90. The van der Waals surface area contributed by atoms with Gasteiger partial charge in [0.1, 0.15) is 11.2 Å². The van der Waals surface area contributed by atoms with Crippen LogP contribution in [0.2, 0.25) is 0 Å². The summed E-state index contributed by atoms with van der Waals surface area (Å²) in [7, 11) is 0. The van der Waals surface area contributed by atoms with Crippen LogP contribution in [-0.2, 0) is 4.74 Å². The molecule has 0 radical (unpaired) electrons. The second-order valence-electron chi connectivity index (χ2n) is 7.17. The molecule has 8 nitrogen and oxygen atoms in total. The number of morpholine rings is 1. The van der Waals surface area contributed by atoms with E-state index in [1.165, 1.54) is 0 Å². The predicted molar refractivity (Wildman–Crippen MR) is 104 cm³/mol. The first-order valence-electron chi connectivity index (χ1n) is 9.34. The summed E-state index contributed by atoms with van der Waals surface area (Å²) in [6, 6.07) is 0.191. The molecule has 0 aliphatic carbocycles. The predicted octanol–water partition coefficient (Wildman–Crippen LogP) is -0.369. The fourth-order valence-corrected chi connectivity index (χ4v) is 3.41. The standard InChI is InChI=1S/C19H27N5O3/c1-5-12(15-9-27-7-6-20-15)17-22-13(16(24-17)10(2)3)8-14-19(26)21-11(4)18(25)23-14/h8,10,12,15,20H,4-7,9H2,1-3H3,(H,21,26)(H,22,24)(H,23,25). The summed E-state index contributed by atoms with van der Waals surface area (Å²) in [6.45, 7) is 11.9. The minimum atomic E-state index is -0.419. The molecular weight excluding hydrogens is 346 g/mol. The van der Waals surface area contributed by atoms with Crippen molar-refractivity contribution in [2.45, 2.75) is 45.1 Å². The van der Waals surface area contributed by atoms with Gasteiger partial charge in [-0.3, -0.25) is 9.59 Å². The zero-order valence-electron chi connectivity index (χ0n) is 16.0. The Morgan fingerprint density at radius 2 is 2.04 bits per heavy atom. The lowest BCUT2D eigenvalue weighted by molar-refractivity contribution is 0.0664.